The summed E-state index contributed by atoms with van der Waals surface area (Å²) in [6.45, 7) is 2.47. The normalized spacial score (nSPS) is 26.1. The summed E-state index contributed by atoms with van der Waals surface area (Å²) in [6, 6.07) is 6.82. The van der Waals surface area contributed by atoms with E-state index in [4.69, 9.17) is 0 Å². The summed E-state index contributed by atoms with van der Waals surface area (Å²) in [5.74, 6) is 0.979. The summed E-state index contributed by atoms with van der Waals surface area (Å²) in [7, 11) is -3.26. The van der Waals surface area contributed by atoms with E-state index in [0.29, 0.717) is 12.2 Å². The second kappa shape index (κ2) is 5.95. The van der Waals surface area contributed by atoms with Gasteiger partial charge in [0.25, 0.3) is 0 Å². The fourth-order valence-corrected chi connectivity index (χ4v) is 4.49. The average molecular weight is 315 g/mol. The molecule has 1 aromatic rings. The highest BCUT2D eigenvalue weighted by Crippen LogP contribution is 2.41. The van der Waals surface area contributed by atoms with Gasteiger partial charge in [0.15, 0.2) is 9.84 Å². The van der Waals surface area contributed by atoms with Gasteiger partial charge in [-0.25, -0.2) is 8.42 Å². The van der Waals surface area contributed by atoms with E-state index in [1.807, 2.05) is 0 Å². The second-order valence-electron chi connectivity index (χ2n) is 5.21. The number of hydrogen-bond acceptors (Lipinski definition) is 5. The number of thioether (sulfide) groups is 1. The molecule has 1 aliphatic carbocycles. The fourth-order valence-electron chi connectivity index (χ4n) is 2.42. The van der Waals surface area contributed by atoms with E-state index >= 15 is 0 Å². The van der Waals surface area contributed by atoms with Gasteiger partial charge in [0.1, 0.15) is 0 Å². The lowest BCUT2D eigenvalue weighted by molar-refractivity contribution is -0.0120. The van der Waals surface area contributed by atoms with Crippen molar-refractivity contribution in [3.63, 3.8) is 0 Å². The fraction of sp³-hybridized carbons (Fsp3) is 0.571. The number of hydrogen-bond donors (Lipinski definition) is 2. The van der Waals surface area contributed by atoms with Crippen LogP contribution in [-0.4, -0.2) is 42.9 Å². The summed E-state index contributed by atoms with van der Waals surface area (Å²) in [4.78, 5) is 0.280. The van der Waals surface area contributed by atoms with Crippen LogP contribution in [0.2, 0.25) is 0 Å². The van der Waals surface area contributed by atoms with Crippen LogP contribution in [0.5, 0.6) is 0 Å². The molecule has 6 heteroatoms. The van der Waals surface area contributed by atoms with E-state index in [2.05, 4.69) is 12.2 Å². The van der Waals surface area contributed by atoms with Crippen LogP contribution in [0, 0.1) is 0 Å². The first-order valence-corrected chi connectivity index (χ1v) is 9.68. The second-order valence-corrected chi connectivity index (χ2v) is 8.67. The summed E-state index contributed by atoms with van der Waals surface area (Å²) >= 11 is 1.76. The van der Waals surface area contributed by atoms with Crippen LogP contribution in [0.1, 0.15) is 19.8 Å². The Kier molecular flexibility index (Phi) is 4.66. The highest BCUT2D eigenvalue weighted by atomic mass is 32.2. The molecule has 4 nitrogen and oxygen atoms in total. The molecule has 0 saturated heterocycles. The standard InChI is InChI=1S/C14H21NO3S2/c1-3-19-13-8-9-14(13,16)10-15-11-6-4-5-7-12(11)20(2,17)18/h4-7,13,15-16H,3,8-10H2,1-2H3. The van der Waals surface area contributed by atoms with Crippen molar-refractivity contribution in [2.24, 2.45) is 0 Å². The lowest BCUT2D eigenvalue weighted by Gasteiger charge is -2.45. The number of para-hydroxylation sites is 1. The third-order valence-corrected chi connectivity index (χ3v) is 6.24. The third kappa shape index (κ3) is 3.30. The summed E-state index contributed by atoms with van der Waals surface area (Å²) in [5, 5.41) is 13.9. The van der Waals surface area contributed by atoms with Gasteiger partial charge in [0.2, 0.25) is 0 Å². The molecule has 1 aliphatic rings. The van der Waals surface area contributed by atoms with Crippen molar-refractivity contribution >= 4 is 27.3 Å². The predicted octanol–water partition coefficient (Wildman–Crippen LogP) is 2.15. The first-order valence-electron chi connectivity index (χ1n) is 6.74. The van der Waals surface area contributed by atoms with Crippen molar-refractivity contribution in [1.82, 2.24) is 0 Å². The molecule has 0 radical (unpaired) electrons. The molecule has 0 amide bonds. The van der Waals surface area contributed by atoms with Gasteiger partial charge in [0, 0.05) is 18.1 Å². The molecule has 0 aliphatic heterocycles. The van der Waals surface area contributed by atoms with Crippen molar-refractivity contribution in [3.8, 4) is 0 Å². The van der Waals surface area contributed by atoms with Crippen LogP contribution >= 0.6 is 11.8 Å². The van der Waals surface area contributed by atoms with Gasteiger partial charge in [-0.1, -0.05) is 19.1 Å². The molecule has 0 bridgehead atoms. The lowest BCUT2D eigenvalue weighted by atomic mass is 9.79. The maximum absolute atomic E-state index is 11.7. The van der Waals surface area contributed by atoms with Gasteiger partial charge >= 0.3 is 0 Å². The number of nitrogens with one attached hydrogen (secondary N) is 1. The minimum absolute atomic E-state index is 0.241. The first kappa shape index (κ1) is 15.7. The van der Waals surface area contributed by atoms with Gasteiger partial charge in [-0.15, -0.1) is 0 Å². The molecule has 0 spiro atoms. The maximum atomic E-state index is 11.7. The van der Waals surface area contributed by atoms with E-state index in [1.54, 1.807) is 36.0 Å². The van der Waals surface area contributed by atoms with E-state index in [-0.39, 0.29) is 10.1 Å². The summed E-state index contributed by atoms with van der Waals surface area (Å²) < 4.78 is 23.4. The number of rotatable bonds is 6. The van der Waals surface area contributed by atoms with Crippen molar-refractivity contribution in [2.75, 3.05) is 23.9 Å². The molecular formula is C14H21NO3S2. The molecular weight excluding hydrogens is 294 g/mol. The molecule has 1 fully saturated rings. The van der Waals surface area contributed by atoms with Crippen LogP contribution in [0.25, 0.3) is 0 Å². The molecule has 2 N–H and O–H groups in total. The molecule has 1 saturated carbocycles. The summed E-state index contributed by atoms with van der Waals surface area (Å²) in [5.41, 5.74) is -0.166. The topological polar surface area (TPSA) is 66.4 Å². The SMILES string of the molecule is CCSC1CCC1(O)CNc1ccccc1S(C)(=O)=O. The quantitative estimate of drug-likeness (QED) is 0.842. The molecule has 0 aromatic heterocycles. The highest BCUT2D eigenvalue weighted by molar-refractivity contribution is 8.00. The first-order chi connectivity index (χ1) is 9.37. The lowest BCUT2D eigenvalue weighted by Crippen LogP contribution is -2.54. The number of benzene rings is 1. The highest BCUT2D eigenvalue weighted by Gasteiger charge is 2.45. The van der Waals surface area contributed by atoms with Gasteiger partial charge in [0.05, 0.1) is 16.2 Å². The Morgan fingerprint density at radius 2 is 2.15 bits per heavy atom. The van der Waals surface area contributed by atoms with Gasteiger partial charge < -0.3 is 10.4 Å². The Bertz CT molecular complexity index is 574. The maximum Gasteiger partial charge on any atom is 0.177 e. The van der Waals surface area contributed by atoms with E-state index in [0.717, 1.165) is 18.6 Å². The van der Waals surface area contributed by atoms with Gasteiger partial charge in [-0.2, -0.15) is 11.8 Å². The van der Waals surface area contributed by atoms with Crippen LogP contribution in [-0.2, 0) is 9.84 Å². The monoisotopic (exact) mass is 315 g/mol. The van der Waals surface area contributed by atoms with Crippen molar-refractivity contribution in [2.45, 2.75) is 35.5 Å². The largest absolute Gasteiger partial charge is 0.387 e. The van der Waals surface area contributed by atoms with Crippen molar-refractivity contribution in [3.05, 3.63) is 24.3 Å². The molecule has 1 aromatic carbocycles. The Morgan fingerprint density at radius 3 is 2.70 bits per heavy atom. The Morgan fingerprint density at radius 1 is 1.45 bits per heavy atom. The minimum Gasteiger partial charge on any atom is -0.387 e. The molecule has 0 heterocycles. The summed E-state index contributed by atoms with van der Waals surface area (Å²) in [6.07, 6.45) is 2.98. The third-order valence-electron chi connectivity index (χ3n) is 3.68. The zero-order valence-corrected chi connectivity index (χ0v) is 13.4. The Hall–Kier alpha value is -0.720. The van der Waals surface area contributed by atoms with Crippen molar-refractivity contribution in [1.29, 1.82) is 0 Å². The number of sulfone groups is 1. The van der Waals surface area contributed by atoms with Crippen LogP contribution < -0.4 is 5.32 Å². The van der Waals surface area contributed by atoms with E-state index < -0.39 is 15.4 Å². The van der Waals surface area contributed by atoms with E-state index in [1.165, 1.54) is 6.26 Å². The molecule has 2 atom stereocenters. The Balaban J connectivity index is 2.09. The number of aliphatic hydroxyl groups is 1. The Labute approximate surface area is 124 Å². The molecule has 2 rings (SSSR count). The van der Waals surface area contributed by atoms with Gasteiger partial charge in [-0.05, 0) is 30.7 Å². The number of anilines is 1. The van der Waals surface area contributed by atoms with Crippen LogP contribution in [0.15, 0.2) is 29.2 Å². The smallest absolute Gasteiger partial charge is 0.177 e. The van der Waals surface area contributed by atoms with Crippen LogP contribution in [0.4, 0.5) is 5.69 Å². The van der Waals surface area contributed by atoms with Crippen LogP contribution in [0.3, 0.4) is 0 Å². The molecule has 112 valence electrons. The zero-order valence-electron chi connectivity index (χ0n) is 11.8. The zero-order chi connectivity index (χ0) is 14.8. The minimum atomic E-state index is -3.26. The van der Waals surface area contributed by atoms with E-state index in [9.17, 15) is 13.5 Å². The van der Waals surface area contributed by atoms with Gasteiger partial charge in [-0.3, -0.25) is 0 Å². The predicted molar refractivity (Wildman–Crippen MR) is 84.1 cm³/mol. The average Bonchev–Trinajstić information content (AvgIpc) is 2.40. The van der Waals surface area contributed by atoms with Crippen molar-refractivity contribution < 1.29 is 13.5 Å². The molecule has 20 heavy (non-hydrogen) atoms. The molecule has 2 unspecified atom stereocenters.